The first-order valence-electron chi connectivity index (χ1n) is 5.98. The lowest BCUT2D eigenvalue weighted by Gasteiger charge is -2.36. The molecule has 1 aromatic carbocycles. The van der Waals surface area contributed by atoms with Crippen LogP contribution in [0.5, 0.6) is 5.75 Å². The number of nitrogens with zero attached hydrogens (tertiary/aromatic N) is 1. The van der Waals surface area contributed by atoms with Gasteiger partial charge in [0, 0.05) is 18.3 Å². The number of nitrogens with one attached hydrogen (secondary N) is 1. The fourth-order valence-electron chi connectivity index (χ4n) is 2.14. The van der Waals surface area contributed by atoms with Gasteiger partial charge in [-0.25, -0.2) is 0 Å². The van der Waals surface area contributed by atoms with Crippen LogP contribution in [0.15, 0.2) is 24.3 Å². The molecule has 0 spiro atoms. The normalized spacial score (nSPS) is 24.2. The van der Waals surface area contributed by atoms with Gasteiger partial charge in [-0.2, -0.15) is 0 Å². The van der Waals surface area contributed by atoms with E-state index in [1.165, 1.54) is 0 Å². The average molecular weight is 250 g/mol. The third-order valence-electron chi connectivity index (χ3n) is 3.07. The van der Waals surface area contributed by atoms with Crippen LogP contribution in [-0.2, 0) is 4.79 Å². The summed E-state index contributed by atoms with van der Waals surface area (Å²) in [6.45, 7) is 2.41. The average Bonchev–Trinajstić information content (AvgIpc) is 2.41. The van der Waals surface area contributed by atoms with Crippen molar-refractivity contribution < 1.29 is 14.6 Å². The van der Waals surface area contributed by atoms with Gasteiger partial charge in [-0.15, -0.1) is 0 Å². The van der Waals surface area contributed by atoms with Gasteiger partial charge < -0.3 is 14.7 Å². The first-order chi connectivity index (χ1) is 8.65. The van der Waals surface area contributed by atoms with Crippen molar-refractivity contribution in [3.63, 3.8) is 0 Å². The zero-order valence-electron chi connectivity index (χ0n) is 10.6. The minimum Gasteiger partial charge on any atom is -0.497 e. The molecule has 1 aliphatic heterocycles. The topological polar surface area (TPSA) is 61.8 Å². The number of carbonyl (C=O) groups is 1. The lowest BCUT2D eigenvalue weighted by atomic mass is 10.1. The fourth-order valence-corrected chi connectivity index (χ4v) is 2.14. The van der Waals surface area contributed by atoms with Gasteiger partial charge in [-0.3, -0.25) is 10.1 Å². The van der Waals surface area contributed by atoms with Crippen molar-refractivity contribution in [2.75, 3.05) is 25.2 Å². The molecule has 18 heavy (non-hydrogen) atoms. The molecule has 5 nitrogen and oxygen atoms in total. The highest BCUT2D eigenvalue weighted by molar-refractivity contribution is 5.98. The molecule has 1 amide bonds. The van der Waals surface area contributed by atoms with Crippen molar-refractivity contribution in [2.45, 2.75) is 19.0 Å². The van der Waals surface area contributed by atoms with Crippen LogP contribution < -0.4 is 15.0 Å². The summed E-state index contributed by atoms with van der Waals surface area (Å²) in [5.41, 5.74) is 0.826. The Bertz CT molecular complexity index is 419. The van der Waals surface area contributed by atoms with Crippen LogP contribution in [0.1, 0.15) is 6.92 Å². The van der Waals surface area contributed by atoms with Crippen LogP contribution in [0.2, 0.25) is 0 Å². The predicted octanol–water partition coefficient (Wildman–Crippen LogP) is 0.381. The van der Waals surface area contributed by atoms with Crippen molar-refractivity contribution >= 4 is 11.6 Å². The molecular formula is C13H18N2O3. The molecule has 2 N–H and O–H groups in total. The highest BCUT2D eigenvalue weighted by atomic mass is 16.5. The van der Waals surface area contributed by atoms with E-state index in [0.717, 1.165) is 11.4 Å². The number of benzene rings is 1. The smallest absolute Gasteiger partial charge is 0.246 e. The van der Waals surface area contributed by atoms with Crippen LogP contribution in [0.3, 0.4) is 0 Å². The van der Waals surface area contributed by atoms with Crippen molar-refractivity contribution in [2.24, 2.45) is 0 Å². The van der Waals surface area contributed by atoms with E-state index >= 15 is 0 Å². The number of hydrogen-bond donors (Lipinski definition) is 2. The molecule has 0 aliphatic carbocycles. The molecule has 1 fully saturated rings. The summed E-state index contributed by atoms with van der Waals surface area (Å²) in [4.78, 5) is 13.8. The monoisotopic (exact) mass is 250 g/mol. The summed E-state index contributed by atoms with van der Waals surface area (Å²) in [5, 5.41) is 12.3. The number of aliphatic hydroxyl groups excluding tert-OH is 1. The van der Waals surface area contributed by atoms with Crippen molar-refractivity contribution in [1.29, 1.82) is 0 Å². The number of piperazine rings is 1. The van der Waals surface area contributed by atoms with Crippen molar-refractivity contribution in [3.8, 4) is 5.75 Å². The highest BCUT2D eigenvalue weighted by Crippen LogP contribution is 2.22. The van der Waals surface area contributed by atoms with E-state index in [0.29, 0.717) is 6.54 Å². The molecule has 1 aliphatic rings. The number of ether oxygens (including phenoxy) is 1. The van der Waals surface area contributed by atoms with Crippen LogP contribution in [-0.4, -0.2) is 43.4 Å². The van der Waals surface area contributed by atoms with Crippen LogP contribution in [0.25, 0.3) is 0 Å². The summed E-state index contributed by atoms with van der Waals surface area (Å²) < 4.78 is 5.09. The number of methoxy groups -OCH3 is 1. The molecule has 1 saturated heterocycles. The van der Waals surface area contributed by atoms with E-state index in [2.05, 4.69) is 5.32 Å². The second-order valence-corrected chi connectivity index (χ2v) is 4.45. The molecule has 1 heterocycles. The Morgan fingerprint density at radius 2 is 2.11 bits per heavy atom. The van der Waals surface area contributed by atoms with Gasteiger partial charge in [-0.05, 0) is 31.2 Å². The lowest BCUT2D eigenvalue weighted by molar-refractivity contribution is -0.123. The van der Waals surface area contributed by atoms with E-state index in [4.69, 9.17) is 4.74 Å². The van der Waals surface area contributed by atoms with E-state index in [1.54, 1.807) is 12.0 Å². The molecule has 0 saturated carbocycles. The fraction of sp³-hybridized carbons (Fsp3) is 0.462. The highest BCUT2D eigenvalue weighted by Gasteiger charge is 2.32. The molecule has 0 bridgehead atoms. The van der Waals surface area contributed by atoms with Crippen molar-refractivity contribution in [3.05, 3.63) is 24.3 Å². The van der Waals surface area contributed by atoms with E-state index in [9.17, 15) is 9.90 Å². The van der Waals surface area contributed by atoms with Gasteiger partial charge in [0.15, 0.2) is 0 Å². The lowest BCUT2D eigenvalue weighted by Crippen LogP contribution is -2.60. The summed E-state index contributed by atoms with van der Waals surface area (Å²) in [6, 6.07) is 6.98. The summed E-state index contributed by atoms with van der Waals surface area (Å²) in [5.74, 6) is 0.661. The molecule has 2 unspecified atom stereocenters. The Morgan fingerprint density at radius 3 is 2.67 bits per heavy atom. The Morgan fingerprint density at radius 1 is 1.44 bits per heavy atom. The Hall–Kier alpha value is -1.59. The molecule has 0 radical (unpaired) electrons. The number of aliphatic hydroxyl groups is 1. The number of anilines is 1. The second-order valence-electron chi connectivity index (χ2n) is 4.45. The second kappa shape index (κ2) is 5.37. The zero-order valence-corrected chi connectivity index (χ0v) is 10.6. The summed E-state index contributed by atoms with van der Waals surface area (Å²) in [7, 11) is 1.61. The zero-order chi connectivity index (χ0) is 13.1. The first kappa shape index (κ1) is 12.9. The van der Waals surface area contributed by atoms with Crippen LogP contribution in [0, 0.1) is 0 Å². The Kier molecular flexibility index (Phi) is 3.84. The molecule has 98 valence electrons. The maximum Gasteiger partial charge on any atom is 0.246 e. The number of rotatable bonds is 3. The molecule has 2 rings (SSSR count). The van der Waals surface area contributed by atoms with Gasteiger partial charge in [-0.1, -0.05) is 0 Å². The van der Waals surface area contributed by atoms with Gasteiger partial charge >= 0.3 is 0 Å². The standard InChI is InChI=1S/C13H18N2O3/c1-9-7-15(13(17)12(8-16)14-9)10-3-5-11(18-2)6-4-10/h3-6,9,12,14,16H,7-8H2,1-2H3. The Labute approximate surface area is 106 Å². The molecule has 2 atom stereocenters. The van der Waals surface area contributed by atoms with Crippen molar-refractivity contribution in [1.82, 2.24) is 5.32 Å². The van der Waals surface area contributed by atoms with E-state index in [1.807, 2.05) is 31.2 Å². The quantitative estimate of drug-likeness (QED) is 0.814. The van der Waals surface area contributed by atoms with Gasteiger partial charge in [0.1, 0.15) is 11.8 Å². The van der Waals surface area contributed by atoms with Gasteiger partial charge in [0.2, 0.25) is 5.91 Å². The van der Waals surface area contributed by atoms with E-state index < -0.39 is 6.04 Å². The van der Waals surface area contributed by atoms with E-state index in [-0.39, 0.29) is 18.6 Å². The first-order valence-corrected chi connectivity index (χ1v) is 5.98. The SMILES string of the molecule is COc1ccc(N2CC(C)NC(CO)C2=O)cc1. The molecular weight excluding hydrogens is 232 g/mol. The number of carbonyl (C=O) groups excluding carboxylic acids is 1. The summed E-state index contributed by atoms with van der Waals surface area (Å²) >= 11 is 0. The minimum absolute atomic E-state index is 0.0965. The predicted molar refractivity (Wildman–Crippen MR) is 68.8 cm³/mol. The van der Waals surface area contributed by atoms with Crippen LogP contribution >= 0.6 is 0 Å². The molecule has 5 heteroatoms. The van der Waals surface area contributed by atoms with Crippen LogP contribution in [0.4, 0.5) is 5.69 Å². The molecule has 1 aromatic rings. The summed E-state index contributed by atoms with van der Waals surface area (Å²) in [6.07, 6.45) is 0. The minimum atomic E-state index is -0.518. The number of hydrogen-bond acceptors (Lipinski definition) is 4. The third kappa shape index (κ3) is 2.47. The third-order valence-corrected chi connectivity index (χ3v) is 3.07. The van der Waals surface area contributed by atoms with Gasteiger partial charge in [0.05, 0.1) is 13.7 Å². The van der Waals surface area contributed by atoms with Gasteiger partial charge in [0.25, 0.3) is 0 Å². The maximum absolute atomic E-state index is 12.1. The number of amides is 1. The largest absolute Gasteiger partial charge is 0.497 e. The Balaban J connectivity index is 2.21. The molecule has 0 aromatic heterocycles. The maximum atomic E-state index is 12.1.